The molecule has 2 rings (SSSR count). The van der Waals surface area contributed by atoms with Crippen molar-refractivity contribution in [3.8, 4) is 11.5 Å². The lowest BCUT2D eigenvalue weighted by molar-refractivity contribution is -0.134. The Hall–Kier alpha value is -2.29. The van der Waals surface area contributed by atoms with Crippen LogP contribution in [0.4, 0.5) is 0 Å². The van der Waals surface area contributed by atoms with Gasteiger partial charge in [0.15, 0.2) is 0 Å². The Balaban J connectivity index is 1.84. The highest BCUT2D eigenvalue weighted by Crippen LogP contribution is 2.35. The second-order valence-corrected chi connectivity index (χ2v) is 13.2. The fourth-order valence-electron chi connectivity index (χ4n) is 6.33. The van der Waals surface area contributed by atoms with Gasteiger partial charge in [0.25, 0.3) is 0 Å². The van der Waals surface area contributed by atoms with Gasteiger partial charge in [-0.15, -0.1) is 0 Å². The van der Waals surface area contributed by atoms with E-state index in [4.69, 9.17) is 4.74 Å². The molecule has 1 atom stereocenters. The van der Waals surface area contributed by atoms with E-state index in [2.05, 4.69) is 32.9 Å². The Morgan fingerprint density at radius 1 is 0.614 bits per heavy atom. The van der Waals surface area contributed by atoms with Gasteiger partial charge in [-0.1, -0.05) is 167 Å². The van der Waals surface area contributed by atoms with E-state index in [1.807, 2.05) is 30.3 Å². The normalized spacial score (nSPS) is 12.0. The van der Waals surface area contributed by atoms with Gasteiger partial charge in [-0.25, -0.2) is 0 Å². The fraction of sp³-hybridized carbons (Fsp3) is 0.683. The number of hydrogen-bond donors (Lipinski definition) is 1. The number of phenols is 1. The third-order valence-corrected chi connectivity index (χ3v) is 9.15. The van der Waals surface area contributed by atoms with Gasteiger partial charge in [-0.05, 0) is 66.8 Å². The van der Waals surface area contributed by atoms with E-state index in [-0.39, 0.29) is 11.9 Å². The Bertz CT molecular complexity index is 954. The minimum atomic E-state index is -0.170. The number of hydrogen-bond acceptors (Lipinski definition) is 3. The summed E-state index contributed by atoms with van der Waals surface area (Å²) < 4.78 is 5.72. The SMILES string of the molecule is CCCCCCCCCCCCCCCCCCC(CC(=O)Oc1ccccc1)c1cc(CCCC)c(O)c(CCCC)c1. The minimum absolute atomic E-state index is 0.110. The van der Waals surface area contributed by atoms with E-state index >= 15 is 0 Å². The highest BCUT2D eigenvalue weighted by atomic mass is 16.5. The molecule has 0 aliphatic carbocycles. The number of esters is 1. The standard InChI is InChI=1S/C41H66O3/c1-4-7-10-11-12-13-14-15-16-17-18-19-20-21-22-24-29-35(34-40(42)44-39-30-25-23-26-31-39)38-32-36(27-8-5-2)41(43)37(33-38)28-9-6-3/h23,25-26,30-33,35,43H,4-22,24,27-29,34H2,1-3H3. The summed E-state index contributed by atoms with van der Waals surface area (Å²) in [7, 11) is 0. The average molecular weight is 607 g/mol. The molecule has 0 heterocycles. The Labute approximate surface area is 271 Å². The molecule has 1 unspecified atom stereocenters. The Kier molecular flexibility index (Phi) is 21.5. The molecule has 0 fully saturated rings. The van der Waals surface area contributed by atoms with E-state index in [0.29, 0.717) is 17.9 Å². The minimum Gasteiger partial charge on any atom is -0.507 e. The second-order valence-electron chi connectivity index (χ2n) is 13.2. The van der Waals surface area contributed by atoms with Crippen molar-refractivity contribution in [2.45, 2.75) is 181 Å². The van der Waals surface area contributed by atoms with Gasteiger partial charge in [-0.3, -0.25) is 4.79 Å². The molecule has 0 aromatic heterocycles. The molecule has 0 saturated carbocycles. The van der Waals surface area contributed by atoms with Crippen LogP contribution in [0.15, 0.2) is 42.5 Å². The summed E-state index contributed by atoms with van der Waals surface area (Å²) in [5, 5.41) is 11.1. The molecule has 0 spiro atoms. The van der Waals surface area contributed by atoms with Crippen molar-refractivity contribution >= 4 is 5.97 Å². The molecule has 2 aromatic rings. The van der Waals surface area contributed by atoms with E-state index in [9.17, 15) is 9.90 Å². The smallest absolute Gasteiger partial charge is 0.311 e. The lowest BCUT2D eigenvalue weighted by atomic mass is 9.86. The number of rotatable bonds is 27. The van der Waals surface area contributed by atoms with E-state index in [0.717, 1.165) is 62.5 Å². The predicted molar refractivity (Wildman–Crippen MR) is 189 cm³/mol. The Morgan fingerprint density at radius 3 is 1.50 bits per heavy atom. The molecule has 3 nitrogen and oxygen atoms in total. The summed E-state index contributed by atoms with van der Waals surface area (Å²) in [4.78, 5) is 13.1. The first-order valence-corrected chi connectivity index (χ1v) is 18.7. The van der Waals surface area contributed by atoms with Gasteiger partial charge >= 0.3 is 5.97 Å². The average Bonchev–Trinajstić information content (AvgIpc) is 3.03. The van der Waals surface area contributed by atoms with E-state index < -0.39 is 0 Å². The number of aryl methyl sites for hydroxylation is 2. The maximum absolute atomic E-state index is 13.1. The van der Waals surface area contributed by atoms with Gasteiger partial charge in [0, 0.05) is 0 Å². The van der Waals surface area contributed by atoms with Crippen LogP contribution in [0, 0.1) is 0 Å². The summed E-state index contributed by atoms with van der Waals surface area (Å²) in [6.07, 6.45) is 29.2. The van der Waals surface area contributed by atoms with Gasteiger partial charge in [0.1, 0.15) is 11.5 Å². The molecule has 0 aliphatic rings. The monoisotopic (exact) mass is 607 g/mol. The summed E-state index contributed by atoms with van der Waals surface area (Å²) >= 11 is 0. The van der Waals surface area contributed by atoms with Crippen LogP contribution < -0.4 is 4.74 Å². The largest absolute Gasteiger partial charge is 0.507 e. The van der Waals surface area contributed by atoms with Crippen LogP contribution in [-0.2, 0) is 17.6 Å². The van der Waals surface area contributed by atoms with E-state index in [1.165, 1.54) is 102 Å². The van der Waals surface area contributed by atoms with Crippen LogP contribution in [0.2, 0.25) is 0 Å². The van der Waals surface area contributed by atoms with Crippen molar-refractivity contribution in [3.05, 3.63) is 59.2 Å². The highest BCUT2D eigenvalue weighted by molar-refractivity contribution is 5.73. The number of ether oxygens (including phenoxy) is 1. The zero-order valence-electron chi connectivity index (χ0n) is 28.9. The number of para-hydroxylation sites is 1. The molecule has 1 N–H and O–H groups in total. The van der Waals surface area contributed by atoms with Gasteiger partial charge in [0.05, 0.1) is 6.42 Å². The van der Waals surface area contributed by atoms with Crippen LogP contribution in [-0.4, -0.2) is 11.1 Å². The molecule has 2 aromatic carbocycles. The topological polar surface area (TPSA) is 46.5 Å². The first kappa shape index (κ1) is 37.9. The molecule has 0 aliphatic heterocycles. The van der Waals surface area contributed by atoms with Crippen molar-refractivity contribution in [3.63, 3.8) is 0 Å². The summed E-state index contributed by atoms with van der Waals surface area (Å²) in [6.45, 7) is 6.67. The van der Waals surface area contributed by atoms with Crippen molar-refractivity contribution in [1.82, 2.24) is 0 Å². The molecule has 0 saturated heterocycles. The molecule has 248 valence electrons. The van der Waals surface area contributed by atoms with Crippen LogP contribution in [0.5, 0.6) is 11.5 Å². The predicted octanol–water partition coefficient (Wildman–Crippen LogP) is 12.8. The van der Waals surface area contributed by atoms with Gasteiger partial charge < -0.3 is 9.84 Å². The second kappa shape index (κ2) is 25.0. The maximum atomic E-state index is 13.1. The molecule has 3 heteroatoms. The molecule has 44 heavy (non-hydrogen) atoms. The van der Waals surface area contributed by atoms with Gasteiger partial charge in [0.2, 0.25) is 0 Å². The summed E-state index contributed by atoms with van der Waals surface area (Å²) in [6, 6.07) is 13.8. The molecular formula is C41H66O3. The zero-order chi connectivity index (χ0) is 31.7. The quantitative estimate of drug-likeness (QED) is 0.0625. The maximum Gasteiger partial charge on any atom is 0.311 e. The van der Waals surface area contributed by atoms with Crippen molar-refractivity contribution in [1.29, 1.82) is 0 Å². The number of phenolic OH excluding ortho intramolecular Hbond substituents is 1. The zero-order valence-corrected chi connectivity index (χ0v) is 28.9. The van der Waals surface area contributed by atoms with Crippen LogP contribution in [0.25, 0.3) is 0 Å². The van der Waals surface area contributed by atoms with Crippen molar-refractivity contribution in [2.24, 2.45) is 0 Å². The number of carbonyl (C=O) groups is 1. The van der Waals surface area contributed by atoms with Crippen molar-refractivity contribution < 1.29 is 14.6 Å². The highest BCUT2D eigenvalue weighted by Gasteiger charge is 2.21. The molecule has 0 amide bonds. The lowest BCUT2D eigenvalue weighted by Gasteiger charge is -2.20. The molecule has 0 radical (unpaired) electrons. The summed E-state index contributed by atoms with van der Waals surface area (Å²) in [5.74, 6) is 1.02. The van der Waals surface area contributed by atoms with Crippen LogP contribution in [0.1, 0.15) is 185 Å². The third-order valence-electron chi connectivity index (χ3n) is 9.15. The van der Waals surface area contributed by atoms with E-state index in [1.54, 1.807) is 0 Å². The molecular weight excluding hydrogens is 540 g/mol. The molecule has 0 bridgehead atoms. The Morgan fingerprint density at radius 2 is 1.05 bits per heavy atom. The number of benzene rings is 2. The van der Waals surface area contributed by atoms with Crippen molar-refractivity contribution in [2.75, 3.05) is 0 Å². The number of aromatic hydroxyl groups is 1. The first-order valence-electron chi connectivity index (χ1n) is 18.7. The summed E-state index contributed by atoms with van der Waals surface area (Å²) in [5.41, 5.74) is 3.29. The third kappa shape index (κ3) is 16.7. The van der Waals surface area contributed by atoms with Gasteiger partial charge in [-0.2, -0.15) is 0 Å². The number of carbonyl (C=O) groups excluding carboxylic acids is 1. The number of unbranched alkanes of at least 4 members (excludes halogenated alkanes) is 17. The fourth-order valence-corrected chi connectivity index (χ4v) is 6.33. The lowest BCUT2D eigenvalue weighted by Crippen LogP contribution is -2.14. The van der Waals surface area contributed by atoms with Crippen LogP contribution in [0.3, 0.4) is 0 Å². The van der Waals surface area contributed by atoms with Crippen LogP contribution >= 0.6 is 0 Å². The first-order chi connectivity index (χ1) is 21.6.